The third-order valence-electron chi connectivity index (χ3n) is 6.27. The minimum atomic E-state index is -0.471. The minimum absolute atomic E-state index is 0.153. The SMILES string of the molecule is CCOc1ccc(N2C(=O)[C@H]3[C@@H](C2=O)N2CCCN2[C@@H]3c2ccccc2OC)cc1. The Hall–Kier alpha value is -2.90. The monoisotopic (exact) mass is 407 g/mol. The predicted octanol–water partition coefficient (Wildman–Crippen LogP) is 2.63. The van der Waals surface area contributed by atoms with Crippen LogP contribution < -0.4 is 14.4 Å². The van der Waals surface area contributed by atoms with Crippen molar-refractivity contribution in [1.82, 2.24) is 10.0 Å². The molecule has 30 heavy (non-hydrogen) atoms. The number of hydrogen-bond acceptors (Lipinski definition) is 6. The summed E-state index contributed by atoms with van der Waals surface area (Å²) in [6.45, 7) is 4.10. The van der Waals surface area contributed by atoms with E-state index in [1.807, 2.05) is 31.2 Å². The van der Waals surface area contributed by atoms with Gasteiger partial charge in [-0.05, 0) is 43.7 Å². The van der Waals surface area contributed by atoms with Gasteiger partial charge in [0.05, 0.1) is 31.4 Å². The number of hydrazine groups is 1. The molecule has 5 rings (SSSR count). The molecular formula is C23H25N3O4. The molecule has 0 bridgehead atoms. The number of carbonyl (C=O) groups is 2. The predicted molar refractivity (Wildman–Crippen MR) is 111 cm³/mol. The smallest absolute Gasteiger partial charge is 0.253 e. The van der Waals surface area contributed by atoms with Crippen molar-refractivity contribution in [2.75, 3.05) is 31.7 Å². The first kappa shape index (κ1) is 19.1. The van der Waals surface area contributed by atoms with E-state index in [-0.39, 0.29) is 17.9 Å². The van der Waals surface area contributed by atoms with Gasteiger partial charge in [0, 0.05) is 18.7 Å². The summed E-state index contributed by atoms with van der Waals surface area (Å²) in [4.78, 5) is 28.4. The lowest BCUT2D eigenvalue weighted by atomic mass is 9.89. The zero-order valence-corrected chi connectivity index (χ0v) is 17.2. The van der Waals surface area contributed by atoms with Crippen molar-refractivity contribution >= 4 is 17.5 Å². The maximum Gasteiger partial charge on any atom is 0.253 e. The number of para-hydroxylation sites is 1. The fraction of sp³-hybridized carbons (Fsp3) is 0.391. The second kappa shape index (κ2) is 7.41. The van der Waals surface area contributed by atoms with Crippen LogP contribution in [0.4, 0.5) is 5.69 Å². The van der Waals surface area contributed by atoms with E-state index in [0.717, 1.165) is 36.6 Å². The quantitative estimate of drug-likeness (QED) is 0.710. The standard InChI is InChI=1S/C23H25N3O4/c1-3-30-16-11-9-15(10-12-16)26-22(27)19-20(17-7-4-5-8-18(17)29-2)24-13-6-14-25(24)21(19)23(26)28/h4-5,7-12,19-21H,3,6,13-14H2,1-2H3/t19-,20-,21+/m1/s1. The van der Waals surface area contributed by atoms with Gasteiger partial charge in [-0.25, -0.2) is 14.9 Å². The maximum atomic E-state index is 13.6. The number of fused-ring (bicyclic) bond motifs is 3. The summed E-state index contributed by atoms with van der Waals surface area (Å²) in [7, 11) is 1.64. The van der Waals surface area contributed by atoms with Gasteiger partial charge in [-0.2, -0.15) is 0 Å². The van der Waals surface area contributed by atoms with Gasteiger partial charge in [-0.1, -0.05) is 18.2 Å². The number of imide groups is 1. The number of benzene rings is 2. The highest BCUT2D eigenvalue weighted by atomic mass is 16.5. The second-order valence-electron chi connectivity index (χ2n) is 7.78. The van der Waals surface area contributed by atoms with Gasteiger partial charge in [0.25, 0.3) is 5.91 Å². The summed E-state index contributed by atoms with van der Waals surface area (Å²) >= 11 is 0. The van der Waals surface area contributed by atoms with Crippen molar-refractivity contribution in [2.45, 2.75) is 25.4 Å². The fourth-order valence-electron chi connectivity index (χ4n) is 5.11. The minimum Gasteiger partial charge on any atom is -0.496 e. The first-order valence-corrected chi connectivity index (χ1v) is 10.4. The molecule has 0 saturated carbocycles. The Kier molecular flexibility index (Phi) is 4.72. The van der Waals surface area contributed by atoms with E-state index in [2.05, 4.69) is 10.0 Å². The molecule has 3 atom stereocenters. The highest BCUT2D eigenvalue weighted by Gasteiger charge is 2.63. The zero-order valence-electron chi connectivity index (χ0n) is 17.2. The van der Waals surface area contributed by atoms with Crippen molar-refractivity contribution in [3.63, 3.8) is 0 Å². The van der Waals surface area contributed by atoms with Gasteiger partial charge in [0.15, 0.2) is 0 Å². The average Bonchev–Trinajstić information content (AvgIpc) is 3.41. The number of nitrogens with zero attached hydrogens (tertiary/aromatic N) is 3. The van der Waals surface area contributed by atoms with Crippen LogP contribution in [-0.2, 0) is 9.59 Å². The molecule has 3 aliphatic heterocycles. The summed E-state index contributed by atoms with van der Waals surface area (Å²) in [6.07, 6.45) is 0.972. The lowest BCUT2D eigenvalue weighted by molar-refractivity contribution is -0.126. The molecule has 0 aliphatic carbocycles. The summed E-state index contributed by atoms with van der Waals surface area (Å²) in [5.74, 6) is 0.700. The first-order chi connectivity index (χ1) is 14.7. The second-order valence-corrected chi connectivity index (χ2v) is 7.78. The average molecular weight is 407 g/mol. The van der Waals surface area contributed by atoms with Crippen LogP contribution in [0.5, 0.6) is 11.5 Å². The molecule has 7 heteroatoms. The van der Waals surface area contributed by atoms with E-state index in [4.69, 9.17) is 9.47 Å². The maximum absolute atomic E-state index is 13.6. The van der Waals surface area contributed by atoms with Crippen molar-refractivity contribution in [3.05, 3.63) is 54.1 Å². The molecule has 0 spiro atoms. The number of anilines is 1. The van der Waals surface area contributed by atoms with Crippen molar-refractivity contribution in [2.24, 2.45) is 5.92 Å². The van der Waals surface area contributed by atoms with Gasteiger partial charge in [-0.3, -0.25) is 9.59 Å². The molecule has 2 aromatic rings. The van der Waals surface area contributed by atoms with E-state index in [1.54, 1.807) is 31.4 Å². The van der Waals surface area contributed by atoms with Crippen LogP contribution in [0.25, 0.3) is 0 Å². The number of methoxy groups -OCH3 is 1. The molecule has 0 radical (unpaired) electrons. The van der Waals surface area contributed by atoms with Gasteiger partial charge in [-0.15, -0.1) is 0 Å². The van der Waals surface area contributed by atoms with E-state index in [0.29, 0.717) is 12.3 Å². The highest BCUT2D eigenvalue weighted by Crippen LogP contribution is 2.50. The van der Waals surface area contributed by atoms with E-state index < -0.39 is 12.0 Å². The molecule has 156 valence electrons. The molecule has 2 aromatic carbocycles. The fourth-order valence-corrected chi connectivity index (χ4v) is 5.11. The molecule has 0 aromatic heterocycles. The number of carbonyl (C=O) groups excluding carboxylic acids is 2. The number of rotatable bonds is 5. The molecule has 0 unspecified atom stereocenters. The van der Waals surface area contributed by atoms with Crippen molar-refractivity contribution in [1.29, 1.82) is 0 Å². The van der Waals surface area contributed by atoms with Crippen LogP contribution in [0, 0.1) is 5.92 Å². The zero-order chi connectivity index (χ0) is 20.8. The van der Waals surface area contributed by atoms with Crippen LogP contribution >= 0.6 is 0 Å². The summed E-state index contributed by atoms with van der Waals surface area (Å²) in [5, 5.41) is 4.29. The van der Waals surface area contributed by atoms with Gasteiger partial charge < -0.3 is 9.47 Å². The summed E-state index contributed by atoms with van der Waals surface area (Å²) in [6, 6.07) is 14.3. The molecule has 0 N–H and O–H groups in total. The number of hydrogen-bond donors (Lipinski definition) is 0. The third-order valence-corrected chi connectivity index (χ3v) is 6.27. The van der Waals surface area contributed by atoms with Gasteiger partial charge in [0.2, 0.25) is 5.91 Å². The van der Waals surface area contributed by atoms with Crippen molar-refractivity contribution in [3.8, 4) is 11.5 Å². The van der Waals surface area contributed by atoms with E-state index in [9.17, 15) is 9.59 Å². The molecular weight excluding hydrogens is 382 g/mol. The Balaban J connectivity index is 1.54. The Labute approximate surface area is 175 Å². The lowest BCUT2D eigenvalue weighted by Crippen LogP contribution is -2.44. The van der Waals surface area contributed by atoms with Crippen LogP contribution in [0.15, 0.2) is 48.5 Å². The normalized spacial score (nSPS) is 26.2. The van der Waals surface area contributed by atoms with Crippen LogP contribution in [0.2, 0.25) is 0 Å². The number of amides is 2. The van der Waals surface area contributed by atoms with Crippen LogP contribution in [0.1, 0.15) is 24.9 Å². The van der Waals surface area contributed by atoms with Gasteiger partial charge in [0.1, 0.15) is 17.5 Å². The van der Waals surface area contributed by atoms with Crippen LogP contribution in [-0.4, -0.2) is 54.7 Å². The van der Waals surface area contributed by atoms with Crippen LogP contribution in [0.3, 0.4) is 0 Å². The topological polar surface area (TPSA) is 62.3 Å². The Bertz CT molecular complexity index is 977. The van der Waals surface area contributed by atoms with Gasteiger partial charge >= 0.3 is 0 Å². The largest absolute Gasteiger partial charge is 0.496 e. The van der Waals surface area contributed by atoms with E-state index in [1.165, 1.54) is 4.90 Å². The highest BCUT2D eigenvalue weighted by molar-refractivity contribution is 6.24. The van der Waals surface area contributed by atoms with E-state index >= 15 is 0 Å². The molecule has 3 aliphatic rings. The summed E-state index contributed by atoms with van der Waals surface area (Å²) in [5.41, 5.74) is 1.54. The molecule has 3 heterocycles. The first-order valence-electron chi connectivity index (χ1n) is 10.4. The van der Waals surface area contributed by atoms with Crippen molar-refractivity contribution < 1.29 is 19.1 Å². The Morgan fingerprint density at radius 1 is 0.933 bits per heavy atom. The molecule has 3 saturated heterocycles. The molecule has 7 nitrogen and oxygen atoms in total. The molecule has 3 fully saturated rings. The third kappa shape index (κ3) is 2.73. The Morgan fingerprint density at radius 2 is 1.63 bits per heavy atom. The lowest BCUT2D eigenvalue weighted by Gasteiger charge is -2.30. The number of ether oxygens (including phenoxy) is 2. The summed E-state index contributed by atoms with van der Waals surface area (Å²) < 4.78 is 11.1. The Morgan fingerprint density at radius 3 is 2.33 bits per heavy atom. The molecule has 2 amide bonds.